The Bertz CT molecular complexity index is 651. The van der Waals surface area contributed by atoms with Crippen molar-refractivity contribution in [3.63, 3.8) is 0 Å². The van der Waals surface area contributed by atoms with Crippen molar-refractivity contribution in [1.29, 1.82) is 0 Å². The van der Waals surface area contributed by atoms with Crippen molar-refractivity contribution in [2.75, 3.05) is 13.6 Å². The summed E-state index contributed by atoms with van der Waals surface area (Å²) < 4.78 is 39.1. The van der Waals surface area contributed by atoms with Gasteiger partial charge in [-0.3, -0.25) is 9.59 Å². The molecule has 1 aliphatic carbocycles. The van der Waals surface area contributed by atoms with Gasteiger partial charge >= 0.3 is 12.1 Å². The molecular weight excluding hydrogens is 335 g/mol. The lowest BCUT2D eigenvalue weighted by atomic mass is 9.77. The lowest BCUT2D eigenvalue weighted by molar-refractivity contribution is -0.144. The molecule has 1 fully saturated rings. The highest BCUT2D eigenvalue weighted by Gasteiger charge is 2.45. The first-order valence-corrected chi connectivity index (χ1v) is 8.24. The smallest absolute Gasteiger partial charge is 0.416 e. The molecule has 1 unspecified atom stereocenters. The van der Waals surface area contributed by atoms with Crippen LogP contribution in [-0.2, 0) is 21.2 Å². The van der Waals surface area contributed by atoms with E-state index in [1.807, 2.05) is 0 Å². The van der Waals surface area contributed by atoms with Gasteiger partial charge in [-0.2, -0.15) is 13.2 Å². The van der Waals surface area contributed by atoms with Crippen LogP contribution in [0.2, 0.25) is 0 Å². The molecule has 1 aromatic carbocycles. The van der Waals surface area contributed by atoms with Crippen LogP contribution >= 0.6 is 0 Å². The number of carboxylic acid groups (broad SMARTS) is 1. The Kier molecular flexibility index (Phi) is 5.44. The third-order valence-electron chi connectivity index (χ3n) is 4.92. The zero-order valence-electron chi connectivity index (χ0n) is 14.3. The Morgan fingerprint density at radius 1 is 1.28 bits per heavy atom. The van der Waals surface area contributed by atoms with E-state index in [1.54, 1.807) is 6.07 Å². The maximum Gasteiger partial charge on any atom is 0.416 e. The van der Waals surface area contributed by atoms with E-state index >= 15 is 0 Å². The van der Waals surface area contributed by atoms with E-state index < -0.39 is 29.0 Å². The first-order chi connectivity index (χ1) is 11.6. The fourth-order valence-electron chi connectivity index (χ4n) is 3.53. The highest BCUT2D eigenvalue weighted by atomic mass is 19.4. The molecule has 0 spiro atoms. The summed E-state index contributed by atoms with van der Waals surface area (Å²) in [6.45, 7) is 1.52. The molecule has 1 atom stereocenters. The van der Waals surface area contributed by atoms with E-state index in [-0.39, 0.29) is 12.5 Å². The summed E-state index contributed by atoms with van der Waals surface area (Å²) in [6, 6.07) is 4.93. The van der Waals surface area contributed by atoms with Gasteiger partial charge in [-0.25, -0.2) is 0 Å². The number of likely N-dealkylation sites (N-methyl/N-ethyl adjacent to an activating group) is 1. The van der Waals surface area contributed by atoms with E-state index in [4.69, 9.17) is 5.11 Å². The second-order valence-corrected chi connectivity index (χ2v) is 6.79. The summed E-state index contributed by atoms with van der Waals surface area (Å²) in [5, 5.41) is 9.02. The van der Waals surface area contributed by atoms with E-state index in [2.05, 4.69) is 0 Å². The first-order valence-electron chi connectivity index (χ1n) is 8.24. The molecule has 0 bridgehead atoms. The van der Waals surface area contributed by atoms with Crippen LogP contribution in [-0.4, -0.2) is 35.5 Å². The Hall–Kier alpha value is -2.05. The number of aliphatic carboxylic acids is 1. The minimum absolute atomic E-state index is 0.0227. The van der Waals surface area contributed by atoms with Crippen molar-refractivity contribution in [2.24, 2.45) is 5.92 Å². The van der Waals surface area contributed by atoms with Crippen molar-refractivity contribution in [1.82, 2.24) is 4.90 Å². The summed E-state index contributed by atoms with van der Waals surface area (Å²) in [5.41, 5.74) is -1.42. The van der Waals surface area contributed by atoms with Crippen LogP contribution in [0.4, 0.5) is 13.2 Å². The number of carboxylic acids is 1. The quantitative estimate of drug-likeness (QED) is 0.874. The van der Waals surface area contributed by atoms with Gasteiger partial charge in [0.05, 0.1) is 16.9 Å². The number of alkyl halides is 3. The SMILES string of the molecule is CC(CN(C)C(=O)C1(c2cccc(C(F)(F)F)c2)CCCC1)C(=O)O. The normalized spacial score (nSPS) is 18.0. The monoisotopic (exact) mass is 357 g/mol. The Morgan fingerprint density at radius 3 is 2.40 bits per heavy atom. The number of amides is 1. The lowest BCUT2D eigenvalue weighted by Gasteiger charge is -2.34. The molecule has 138 valence electrons. The van der Waals surface area contributed by atoms with Crippen LogP contribution < -0.4 is 0 Å². The minimum Gasteiger partial charge on any atom is -0.481 e. The van der Waals surface area contributed by atoms with Gasteiger partial charge in [0.15, 0.2) is 0 Å². The molecule has 25 heavy (non-hydrogen) atoms. The molecule has 1 aromatic rings. The Balaban J connectivity index is 2.36. The first kappa shape index (κ1) is 19.3. The maximum absolute atomic E-state index is 13.0. The summed E-state index contributed by atoms with van der Waals surface area (Å²) in [4.78, 5) is 25.4. The van der Waals surface area contributed by atoms with Crippen molar-refractivity contribution < 1.29 is 27.9 Å². The number of carbonyl (C=O) groups excluding carboxylic acids is 1. The second kappa shape index (κ2) is 7.06. The fraction of sp³-hybridized carbons (Fsp3) is 0.556. The molecule has 0 aromatic heterocycles. The van der Waals surface area contributed by atoms with E-state index in [9.17, 15) is 22.8 Å². The average molecular weight is 357 g/mol. The van der Waals surface area contributed by atoms with Gasteiger partial charge in [-0.1, -0.05) is 38.0 Å². The van der Waals surface area contributed by atoms with Gasteiger partial charge in [0.1, 0.15) is 0 Å². The number of hydrogen-bond acceptors (Lipinski definition) is 2. The lowest BCUT2D eigenvalue weighted by Crippen LogP contribution is -2.46. The predicted molar refractivity (Wildman–Crippen MR) is 86.0 cm³/mol. The molecule has 1 N–H and O–H groups in total. The van der Waals surface area contributed by atoms with Crippen molar-refractivity contribution in [3.05, 3.63) is 35.4 Å². The van der Waals surface area contributed by atoms with E-state index in [1.165, 1.54) is 24.9 Å². The zero-order chi connectivity index (χ0) is 18.8. The summed E-state index contributed by atoms with van der Waals surface area (Å²) in [7, 11) is 1.51. The Morgan fingerprint density at radius 2 is 1.88 bits per heavy atom. The van der Waals surface area contributed by atoms with Gasteiger partial charge in [0.25, 0.3) is 0 Å². The molecule has 4 nitrogen and oxygen atoms in total. The topological polar surface area (TPSA) is 57.6 Å². The fourth-order valence-corrected chi connectivity index (χ4v) is 3.53. The highest BCUT2D eigenvalue weighted by Crippen LogP contribution is 2.44. The zero-order valence-corrected chi connectivity index (χ0v) is 14.3. The van der Waals surface area contributed by atoms with E-state index in [0.717, 1.165) is 25.0 Å². The number of carbonyl (C=O) groups is 2. The van der Waals surface area contributed by atoms with Crippen LogP contribution in [0.25, 0.3) is 0 Å². The summed E-state index contributed by atoms with van der Waals surface area (Å²) in [5.74, 6) is -2.06. The van der Waals surface area contributed by atoms with Crippen LogP contribution in [0.15, 0.2) is 24.3 Å². The molecule has 0 heterocycles. The third kappa shape index (κ3) is 3.96. The van der Waals surface area contributed by atoms with Gasteiger partial charge in [-0.05, 0) is 24.5 Å². The Labute approximate surface area is 144 Å². The van der Waals surface area contributed by atoms with Crippen molar-refractivity contribution in [3.8, 4) is 0 Å². The molecule has 1 aliphatic rings. The highest BCUT2D eigenvalue weighted by molar-refractivity contribution is 5.89. The second-order valence-electron chi connectivity index (χ2n) is 6.79. The number of hydrogen-bond donors (Lipinski definition) is 1. The van der Waals surface area contributed by atoms with Crippen molar-refractivity contribution in [2.45, 2.75) is 44.2 Å². The number of halogens is 3. The molecular formula is C18H22F3NO3. The molecule has 1 saturated carbocycles. The number of nitrogens with zero attached hydrogens (tertiary/aromatic N) is 1. The van der Waals surface area contributed by atoms with Crippen LogP contribution in [0.5, 0.6) is 0 Å². The molecule has 1 amide bonds. The maximum atomic E-state index is 13.0. The summed E-state index contributed by atoms with van der Waals surface area (Å²) >= 11 is 0. The molecule has 2 rings (SSSR count). The standard InChI is InChI=1S/C18H22F3NO3/c1-12(15(23)24)11-22(2)16(25)17(8-3-4-9-17)13-6-5-7-14(10-13)18(19,20)21/h5-7,10,12H,3-4,8-9,11H2,1-2H3,(H,23,24). The number of benzene rings is 1. The van der Waals surface area contributed by atoms with Crippen LogP contribution in [0.1, 0.15) is 43.7 Å². The van der Waals surface area contributed by atoms with Crippen LogP contribution in [0, 0.1) is 5.92 Å². The number of rotatable bonds is 5. The van der Waals surface area contributed by atoms with E-state index in [0.29, 0.717) is 18.4 Å². The molecule has 0 radical (unpaired) electrons. The third-order valence-corrected chi connectivity index (χ3v) is 4.92. The predicted octanol–water partition coefficient (Wildman–Crippen LogP) is 3.70. The van der Waals surface area contributed by atoms with Gasteiger partial charge in [-0.15, -0.1) is 0 Å². The summed E-state index contributed by atoms with van der Waals surface area (Å²) in [6.07, 6.45) is -2.02. The van der Waals surface area contributed by atoms with Gasteiger partial charge in [0, 0.05) is 13.6 Å². The van der Waals surface area contributed by atoms with Gasteiger partial charge in [0.2, 0.25) is 5.91 Å². The minimum atomic E-state index is -4.47. The van der Waals surface area contributed by atoms with Crippen LogP contribution in [0.3, 0.4) is 0 Å². The largest absolute Gasteiger partial charge is 0.481 e. The molecule has 0 saturated heterocycles. The van der Waals surface area contributed by atoms with Crippen molar-refractivity contribution >= 4 is 11.9 Å². The molecule has 7 heteroatoms. The molecule has 0 aliphatic heterocycles. The van der Waals surface area contributed by atoms with Gasteiger partial charge < -0.3 is 10.0 Å². The average Bonchev–Trinajstić information content (AvgIpc) is 3.04.